The lowest BCUT2D eigenvalue weighted by Gasteiger charge is -2.44. The Morgan fingerprint density at radius 3 is 2.33 bits per heavy atom. The standard InChI is InChI=1S/C18H31N3/c1-4-20-17(15-16-9-11-19-12-10-16)18(2,3)21-13-7-5-6-8-14-21/h9-12,17,20H,4-8,13-15H2,1-3H3. The van der Waals surface area contributed by atoms with Gasteiger partial charge in [0.25, 0.3) is 0 Å². The molecular formula is C18H31N3. The maximum Gasteiger partial charge on any atom is 0.0309 e. The third kappa shape index (κ3) is 4.52. The molecule has 1 aliphatic rings. The van der Waals surface area contributed by atoms with Crippen molar-refractivity contribution in [2.45, 2.75) is 64.5 Å². The number of rotatable bonds is 6. The summed E-state index contributed by atoms with van der Waals surface area (Å²) in [5, 5.41) is 3.73. The molecule has 0 bridgehead atoms. The molecule has 0 spiro atoms. The Hall–Kier alpha value is -0.930. The van der Waals surface area contributed by atoms with Gasteiger partial charge in [0.1, 0.15) is 0 Å². The summed E-state index contributed by atoms with van der Waals surface area (Å²) < 4.78 is 0. The third-order valence-corrected chi connectivity index (χ3v) is 4.91. The van der Waals surface area contributed by atoms with Crippen LogP contribution in [0.5, 0.6) is 0 Å². The van der Waals surface area contributed by atoms with E-state index in [0.29, 0.717) is 6.04 Å². The van der Waals surface area contributed by atoms with Crippen molar-refractivity contribution >= 4 is 0 Å². The van der Waals surface area contributed by atoms with E-state index in [4.69, 9.17) is 0 Å². The second-order valence-electron chi connectivity index (χ2n) is 6.72. The fraction of sp³-hybridized carbons (Fsp3) is 0.722. The highest BCUT2D eigenvalue weighted by Crippen LogP contribution is 2.25. The topological polar surface area (TPSA) is 28.2 Å². The van der Waals surface area contributed by atoms with Crippen molar-refractivity contribution in [3.05, 3.63) is 30.1 Å². The van der Waals surface area contributed by atoms with Crippen LogP contribution >= 0.6 is 0 Å². The van der Waals surface area contributed by atoms with Gasteiger partial charge in [0.15, 0.2) is 0 Å². The molecule has 1 unspecified atom stereocenters. The first kappa shape index (κ1) is 16.4. The van der Waals surface area contributed by atoms with Gasteiger partial charge in [-0.15, -0.1) is 0 Å². The zero-order valence-electron chi connectivity index (χ0n) is 13.9. The van der Waals surface area contributed by atoms with Crippen molar-refractivity contribution in [1.29, 1.82) is 0 Å². The third-order valence-electron chi connectivity index (χ3n) is 4.91. The molecule has 1 saturated heterocycles. The van der Waals surface area contributed by atoms with Gasteiger partial charge >= 0.3 is 0 Å². The van der Waals surface area contributed by atoms with Gasteiger partial charge in [-0.1, -0.05) is 19.8 Å². The van der Waals surface area contributed by atoms with E-state index < -0.39 is 0 Å². The molecule has 2 heterocycles. The van der Waals surface area contributed by atoms with Crippen molar-refractivity contribution in [3.8, 4) is 0 Å². The van der Waals surface area contributed by atoms with Crippen LogP contribution in [-0.4, -0.2) is 41.1 Å². The molecule has 21 heavy (non-hydrogen) atoms. The highest BCUT2D eigenvalue weighted by molar-refractivity contribution is 5.13. The van der Waals surface area contributed by atoms with Crippen molar-refractivity contribution in [1.82, 2.24) is 15.2 Å². The number of hydrogen-bond acceptors (Lipinski definition) is 3. The van der Waals surface area contributed by atoms with Gasteiger partial charge in [-0.05, 0) is 70.4 Å². The normalized spacial score (nSPS) is 19.2. The Bertz CT molecular complexity index is 394. The largest absolute Gasteiger partial charge is 0.312 e. The lowest BCUT2D eigenvalue weighted by atomic mass is 9.87. The summed E-state index contributed by atoms with van der Waals surface area (Å²) in [6.45, 7) is 10.5. The van der Waals surface area contributed by atoms with Crippen LogP contribution in [-0.2, 0) is 6.42 Å². The molecule has 0 saturated carbocycles. The summed E-state index contributed by atoms with van der Waals surface area (Å²) in [4.78, 5) is 6.84. The molecule has 1 N–H and O–H groups in total. The quantitative estimate of drug-likeness (QED) is 0.871. The second-order valence-corrected chi connectivity index (χ2v) is 6.72. The molecule has 2 rings (SSSR count). The van der Waals surface area contributed by atoms with E-state index in [1.165, 1.54) is 44.3 Å². The molecule has 1 aromatic rings. The highest BCUT2D eigenvalue weighted by atomic mass is 15.2. The molecule has 0 radical (unpaired) electrons. The smallest absolute Gasteiger partial charge is 0.0309 e. The van der Waals surface area contributed by atoms with Crippen LogP contribution in [0.15, 0.2) is 24.5 Å². The van der Waals surface area contributed by atoms with Crippen molar-refractivity contribution in [2.24, 2.45) is 0 Å². The van der Waals surface area contributed by atoms with Crippen molar-refractivity contribution in [3.63, 3.8) is 0 Å². The molecule has 0 aromatic carbocycles. The van der Waals surface area contributed by atoms with Crippen molar-refractivity contribution < 1.29 is 0 Å². The molecule has 1 aliphatic heterocycles. The van der Waals surface area contributed by atoms with Gasteiger partial charge in [-0.25, -0.2) is 0 Å². The number of aromatic nitrogens is 1. The van der Waals surface area contributed by atoms with E-state index in [2.05, 4.69) is 48.1 Å². The van der Waals surface area contributed by atoms with Gasteiger partial charge in [0.05, 0.1) is 0 Å². The van der Waals surface area contributed by atoms with Crippen LogP contribution in [0.3, 0.4) is 0 Å². The Kier molecular flexibility index (Phi) is 6.19. The summed E-state index contributed by atoms with van der Waals surface area (Å²) in [5.41, 5.74) is 1.56. The lowest BCUT2D eigenvalue weighted by Crippen LogP contribution is -2.58. The molecular weight excluding hydrogens is 258 g/mol. The van der Waals surface area contributed by atoms with Crippen LogP contribution in [0.1, 0.15) is 52.0 Å². The molecule has 1 atom stereocenters. The Labute approximate surface area is 130 Å². The predicted molar refractivity (Wildman–Crippen MR) is 89.5 cm³/mol. The summed E-state index contributed by atoms with van der Waals surface area (Å²) in [5.74, 6) is 0. The minimum absolute atomic E-state index is 0.184. The number of likely N-dealkylation sites (N-methyl/N-ethyl adjacent to an activating group) is 1. The maximum atomic E-state index is 4.13. The van der Waals surface area contributed by atoms with Crippen LogP contribution in [0.4, 0.5) is 0 Å². The number of likely N-dealkylation sites (tertiary alicyclic amines) is 1. The van der Waals surface area contributed by atoms with E-state index in [1.54, 1.807) is 0 Å². The van der Waals surface area contributed by atoms with Gasteiger partial charge in [0.2, 0.25) is 0 Å². The highest BCUT2D eigenvalue weighted by Gasteiger charge is 2.35. The molecule has 1 fully saturated rings. The van der Waals surface area contributed by atoms with Gasteiger partial charge in [-0.3, -0.25) is 9.88 Å². The van der Waals surface area contributed by atoms with Crippen LogP contribution in [0.2, 0.25) is 0 Å². The van der Waals surface area contributed by atoms with E-state index >= 15 is 0 Å². The van der Waals surface area contributed by atoms with Gasteiger partial charge in [0, 0.05) is 24.0 Å². The molecule has 3 heteroatoms. The summed E-state index contributed by atoms with van der Waals surface area (Å²) in [7, 11) is 0. The first-order valence-corrected chi connectivity index (χ1v) is 8.52. The average molecular weight is 289 g/mol. The van der Waals surface area contributed by atoms with Gasteiger partial charge in [-0.2, -0.15) is 0 Å². The van der Waals surface area contributed by atoms with E-state index in [-0.39, 0.29) is 5.54 Å². The molecule has 3 nitrogen and oxygen atoms in total. The first-order chi connectivity index (χ1) is 10.1. The van der Waals surface area contributed by atoms with E-state index in [1.807, 2.05) is 12.4 Å². The van der Waals surface area contributed by atoms with E-state index in [9.17, 15) is 0 Å². The lowest BCUT2D eigenvalue weighted by molar-refractivity contribution is 0.0840. The first-order valence-electron chi connectivity index (χ1n) is 8.52. The van der Waals surface area contributed by atoms with E-state index in [0.717, 1.165) is 13.0 Å². The Morgan fingerprint density at radius 2 is 1.76 bits per heavy atom. The predicted octanol–water partition coefficient (Wildman–Crippen LogP) is 3.26. The zero-order chi connectivity index (χ0) is 15.1. The van der Waals surface area contributed by atoms with Crippen molar-refractivity contribution in [2.75, 3.05) is 19.6 Å². The number of hydrogen-bond donors (Lipinski definition) is 1. The molecule has 0 amide bonds. The van der Waals surface area contributed by atoms with Gasteiger partial charge < -0.3 is 5.32 Å². The van der Waals surface area contributed by atoms with Crippen LogP contribution in [0, 0.1) is 0 Å². The minimum Gasteiger partial charge on any atom is -0.312 e. The fourth-order valence-corrected chi connectivity index (χ4v) is 3.44. The Morgan fingerprint density at radius 1 is 1.14 bits per heavy atom. The fourth-order valence-electron chi connectivity index (χ4n) is 3.44. The Balaban J connectivity index is 2.10. The second kappa shape index (κ2) is 7.90. The monoisotopic (exact) mass is 289 g/mol. The molecule has 1 aromatic heterocycles. The van der Waals surface area contributed by atoms with Crippen LogP contribution < -0.4 is 5.32 Å². The number of nitrogens with one attached hydrogen (secondary N) is 1. The summed E-state index contributed by atoms with van der Waals surface area (Å²) >= 11 is 0. The zero-order valence-corrected chi connectivity index (χ0v) is 13.9. The van der Waals surface area contributed by atoms with Crippen LogP contribution in [0.25, 0.3) is 0 Å². The maximum absolute atomic E-state index is 4.13. The summed E-state index contributed by atoms with van der Waals surface area (Å²) in [6.07, 6.45) is 10.3. The molecule has 0 aliphatic carbocycles. The number of pyridine rings is 1. The minimum atomic E-state index is 0.184. The average Bonchev–Trinajstić information content (AvgIpc) is 2.77. The molecule has 118 valence electrons. The SMILES string of the molecule is CCNC(Cc1ccncc1)C(C)(C)N1CCCCCC1. The summed E-state index contributed by atoms with van der Waals surface area (Å²) in [6, 6.07) is 4.76. The number of nitrogens with zero attached hydrogens (tertiary/aromatic N) is 2.